The van der Waals surface area contributed by atoms with Crippen LogP contribution in [0.5, 0.6) is 0 Å². The smallest absolute Gasteiger partial charge is 0.230 e. The topological polar surface area (TPSA) is 50.3 Å². The van der Waals surface area contributed by atoms with E-state index in [-0.39, 0.29) is 16.2 Å². The van der Waals surface area contributed by atoms with Crippen molar-refractivity contribution in [3.05, 3.63) is 80.5 Å². The van der Waals surface area contributed by atoms with Gasteiger partial charge in [0.1, 0.15) is 5.82 Å². The van der Waals surface area contributed by atoms with Gasteiger partial charge in [-0.15, -0.1) is 11.3 Å². The molecule has 0 radical (unpaired) electrons. The van der Waals surface area contributed by atoms with Gasteiger partial charge in [-0.1, -0.05) is 12.1 Å². The monoisotopic (exact) mass is 472 g/mol. The summed E-state index contributed by atoms with van der Waals surface area (Å²) in [5, 5.41) is 2.31. The van der Waals surface area contributed by atoms with E-state index in [1.54, 1.807) is 16.4 Å². The van der Waals surface area contributed by atoms with E-state index in [4.69, 9.17) is 0 Å². The van der Waals surface area contributed by atoms with E-state index < -0.39 is 5.82 Å². The number of hydrogen-bond acceptors (Lipinski definition) is 4. The Morgan fingerprint density at radius 1 is 1.21 bits per heavy atom. The van der Waals surface area contributed by atoms with Crippen LogP contribution in [0.2, 0.25) is 0 Å². The maximum absolute atomic E-state index is 13.3. The molecule has 3 rings (SSSR count). The van der Waals surface area contributed by atoms with Crippen LogP contribution in [-0.2, 0) is 4.79 Å². The molecule has 0 N–H and O–H groups in total. The summed E-state index contributed by atoms with van der Waals surface area (Å²) in [5.74, 6) is -0.834. The van der Waals surface area contributed by atoms with Crippen LogP contribution < -0.4 is 4.90 Å². The number of benzene rings is 2. The number of amides is 1. The number of rotatable bonds is 5. The average Bonchev–Trinajstić information content (AvgIpc) is 3.14. The van der Waals surface area contributed by atoms with Crippen molar-refractivity contribution in [2.45, 2.75) is 20.8 Å². The maximum atomic E-state index is 13.3. The molecular weight excluding hydrogens is 455 g/mol. The molecule has 0 fully saturated rings. The number of halogens is 2. The fourth-order valence-corrected chi connectivity index (χ4v) is 3.97. The fourth-order valence-electron chi connectivity index (χ4n) is 2.75. The molecule has 1 aromatic heterocycles. The van der Waals surface area contributed by atoms with Gasteiger partial charge < -0.3 is 0 Å². The summed E-state index contributed by atoms with van der Waals surface area (Å²) in [5.41, 5.74) is 3.81. The Bertz CT molecular complexity index is 1120. The largest absolute Gasteiger partial charge is 0.289 e. The molecule has 0 saturated heterocycles. The molecule has 0 aliphatic carbocycles. The molecule has 148 valence electrons. The Morgan fingerprint density at radius 2 is 1.97 bits per heavy atom. The van der Waals surface area contributed by atoms with E-state index >= 15 is 0 Å². The van der Waals surface area contributed by atoms with Gasteiger partial charge in [0.2, 0.25) is 5.91 Å². The SMILES string of the molecule is CC(=O)N(c1nc(/C=C/C(=O)c2ccc(F)c(Br)c2)cs1)c1cccc(C)c1C. The van der Waals surface area contributed by atoms with E-state index in [1.807, 2.05) is 32.0 Å². The molecule has 2 aromatic carbocycles. The van der Waals surface area contributed by atoms with Crippen LogP contribution in [0.3, 0.4) is 0 Å². The molecular formula is C22H18BrFN2O2S. The maximum Gasteiger partial charge on any atom is 0.230 e. The molecule has 0 atom stereocenters. The number of carbonyl (C=O) groups is 2. The zero-order valence-electron chi connectivity index (χ0n) is 16.1. The van der Waals surface area contributed by atoms with Gasteiger partial charge in [-0.25, -0.2) is 9.37 Å². The number of nitrogens with zero attached hydrogens (tertiary/aromatic N) is 2. The van der Waals surface area contributed by atoms with Crippen LogP contribution >= 0.6 is 27.3 Å². The van der Waals surface area contributed by atoms with Gasteiger partial charge in [-0.2, -0.15) is 0 Å². The van der Waals surface area contributed by atoms with Gasteiger partial charge in [0.15, 0.2) is 10.9 Å². The Kier molecular flexibility index (Phi) is 6.39. The molecule has 0 unspecified atom stereocenters. The van der Waals surface area contributed by atoms with Crippen LogP contribution in [0, 0.1) is 19.7 Å². The third-order valence-electron chi connectivity index (χ3n) is 4.44. The second kappa shape index (κ2) is 8.80. The van der Waals surface area contributed by atoms with Crippen molar-refractivity contribution in [2.24, 2.45) is 0 Å². The van der Waals surface area contributed by atoms with Crippen molar-refractivity contribution >= 4 is 55.9 Å². The van der Waals surface area contributed by atoms with Crippen LogP contribution in [0.25, 0.3) is 6.08 Å². The first-order valence-electron chi connectivity index (χ1n) is 8.78. The molecule has 4 nitrogen and oxygen atoms in total. The number of hydrogen-bond donors (Lipinski definition) is 0. The van der Waals surface area contributed by atoms with Crippen LogP contribution in [-0.4, -0.2) is 16.7 Å². The normalized spacial score (nSPS) is 11.1. The first-order chi connectivity index (χ1) is 13.8. The molecule has 1 amide bonds. The summed E-state index contributed by atoms with van der Waals surface area (Å²) in [7, 11) is 0. The standard InChI is InChI=1S/C22H18BrFN2O2S/c1-13-5-4-6-20(14(13)2)26(15(3)27)22-25-17(12-29-22)8-10-21(28)16-7-9-19(24)18(23)11-16/h4-12H,1-3H3/b10-8+. The second-order valence-electron chi connectivity index (χ2n) is 6.45. The van der Waals surface area contributed by atoms with Gasteiger partial charge >= 0.3 is 0 Å². The van der Waals surface area contributed by atoms with Gasteiger partial charge in [-0.3, -0.25) is 14.5 Å². The van der Waals surface area contributed by atoms with Crippen LogP contribution in [0.15, 0.2) is 52.3 Å². The minimum atomic E-state index is -0.426. The highest BCUT2D eigenvalue weighted by molar-refractivity contribution is 9.10. The molecule has 7 heteroatoms. The van der Waals surface area contributed by atoms with Crippen molar-refractivity contribution in [3.8, 4) is 0 Å². The number of anilines is 2. The molecule has 0 spiro atoms. The number of ketones is 1. The van der Waals surface area contributed by atoms with Crippen LogP contribution in [0.4, 0.5) is 15.2 Å². The minimum absolute atomic E-state index is 0.143. The molecule has 29 heavy (non-hydrogen) atoms. The summed E-state index contributed by atoms with van der Waals surface area (Å²) in [6.07, 6.45) is 2.97. The van der Waals surface area contributed by atoms with Crippen molar-refractivity contribution in [2.75, 3.05) is 4.90 Å². The zero-order valence-corrected chi connectivity index (χ0v) is 18.5. The Morgan fingerprint density at radius 3 is 2.66 bits per heavy atom. The number of carbonyl (C=O) groups excluding carboxylic acids is 2. The highest BCUT2D eigenvalue weighted by Gasteiger charge is 2.20. The molecule has 0 aliphatic heterocycles. The molecule has 0 bridgehead atoms. The number of aryl methyl sites for hydroxylation is 1. The van der Waals surface area contributed by atoms with Crippen LogP contribution in [0.1, 0.15) is 34.1 Å². The van der Waals surface area contributed by atoms with E-state index in [2.05, 4.69) is 20.9 Å². The lowest BCUT2D eigenvalue weighted by Crippen LogP contribution is -2.23. The van der Waals surface area contributed by atoms with Gasteiger partial charge in [0, 0.05) is 17.9 Å². The highest BCUT2D eigenvalue weighted by Crippen LogP contribution is 2.32. The third-order valence-corrected chi connectivity index (χ3v) is 5.89. The lowest BCUT2D eigenvalue weighted by molar-refractivity contribution is -0.115. The Hall–Kier alpha value is -2.64. The summed E-state index contributed by atoms with van der Waals surface area (Å²) >= 11 is 4.40. The number of allylic oxidation sites excluding steroid dienone is 1. The first kappa shape index (κ1) is 21.1. The predicted octanol–water partition coefficient (Wildman–Crippen LogP) is 6.24. The average molecular weight is 473 g/mol. The van der Waals surface area contributed by atoms with E-state index in [0.29, 0.717) is 16.4 Å². The number of aromatic nitrogens is 1. The highest BCUT2D eigenvalue weighted by atomic mass is 79.9. The molecule has 0 aliphatic rings. The summed E-state index contributed by atoms with van der Waals surface area (Å²) in [6, 6.07) is 9.88. The quantitative estimate of drug-likeness (QED) is 0.326. The summed E-state index contributed by atoms with van der Waals surface area (Å²) in [4.78, 5) is 30.7. The van der Waals surface area contributed by atoms with Crippen molar-refractivity contribution in [1.29, 1.82) is 0 Å². The van der Waals surface area contributed by atoms with E-state index in [0.717, 1.165) is 16.8 Å². The van der Waals surface area contributed by atoms with Gasteiger partial charge in [-0.05, 0) is 77.3 Å². The molecule has 3 aromatic rings. The summed E-state index contributed by atoms with van der Waals surface area (Å²) in [6.45, 7) is 5.45. The zero-order chi connectivity index (χ0) is 21.1. The Labute approximate surface area is 180 Å². The lowest BCUT2D eigenvalue weighted by Gasteiger charge is -2.21. The van der Waals surface area contributed by atoms with Crippen molar-refractivity contribution < 1.29 is 14.0 Å². The third kappa shape index (κ3) is 4.68. The fraction of sp³-hybridized carbons (Fsp3) is 0.136. The minimum Gasteiger partial charge on any atom is -0.289 e. The van der Waals surface area contributed by atoms with Gasteiger partial charge in [0.25, 0.3) is 0 Å². The summed E-state index contributed by atoms with van der Waals surface area (Å²) < 4.78 is 13.6. The van der Waals surface area contributed by atoms with E-state index in [9.17, 15) is 14.0 Å². The Balaban J connectivity index is 1.86. The van der Waals surface area contributed by atoms with Crippen molar-refractivity contribution in [3.63, 3.8) is 0 Å². The van der Waals surface area contributed by atoms with Gasteiger partial charge in [0.05, 0.1) is 15.9 Å². The first-order valence-corrected chi connectivity index (χ1v) is 10.4. The molecule has 0 saturated carbocycles. The van der Waals surface area contributed by atoms with Crippen molar-refractivity contribution in [1.82, 2.24) is 4.98 Å². The lowest BCUT2D eigenvalue weighted by atomic mass is 10.1. The number of thiazole rings is 1. The second-order valence-corrected chi connectivity index (χ2v) is 8.15. The predicted molar refractivity (Wildman–Crippen MR) is 118 cm³/mol. The molecule has 1 heterocycles. The van der Waals surface area contributed by atoms with E-state index in [1.165, 1.54) is 42.5 Å².